The molecule has 5 fully saturated rings. The quantitative estimate of drug-likeness (QED) is 0.188. The van der Waals surface area contributed by atoms with Crippen molar-refractivity contribution in [1.82, 2.24) is 24.7 Å². The standard InChI is InChI=1S/C48H55ClF2N6O3/c49-37-5-4-6-40-44(37)46(60)53-47-48(17-2-1-3-18-48)36-9-7-33(25-41(36)57(40)47)32-15-21-55(22-16-32)28-30-11-19-54(20-12-30)29-31-13-23-56(24-14-31)34-26-38(50)43(39(51)27-34)35-8-10-42(58)52-45(35)59/h4-7,9,25-27,30-32,35H,1-3,8,10-24,28-29H2,(H,52,58,59). The number of nitrogens with one attached hydrogen (secondary N) is 1. The van der Waals surface area contributed by atoms with Crippen molar-refractivity contribution in [2.24, 2.45) is 11.8 Å². The van der Waals surface area contributed by atoms with Crippen molar-refractivity contribution in [2.75, 3.05) is 57.3 Å². The maximum absolute atomic E-state index is 15.2. The summed E-state index contributed by atoms with van der Waals surface area (Å²) < 4.78 is 32.7. The minimum atomic E-state index is -0.981. The highest BCUT2D eigenvalue weighted by Crippen LogP contribution is 2.52. The van der Waals surface area contributed by atoms with Gasteiger partial charge in [0.2, 0.25) is 11.8 Å². The second-order valence-electron chi connectivity index (χ2n) is 18.7. The molecule has 1 spiro atoms. The molecule has 1 aliphatic carbocycles. The molecule has 1 N–H and O–H groups in total. The first-order chi connectivity index (χ1) is 29.1. The Bertz CT molecular complexity index is 2350. The second kappa shape index (κ2) is 16.3. The van der Waals surface area contributed by atoms with E-state index in [1.165, 1.54) is 54.8 Å². The van der Waals surface area contributed by atoms with Crippen LogP contribution in [0.15, 0.2) is 53.3 Å². The van der Waals surface area contributed by atoms with Gasteiger partial charge in [0, 0.05) is 43.9 Å². The van der Waals surface area contributed by atoms with Crippen molar-refractivity contribution in [3.05, 3.63) is 98.1 Å². The number of halogens is 3. The number of aromatic nitrogens is 2. The molecule has 316 valence electrons. The number of hydrogen-bond acceptors (Lipinski definition) is 7. The Labute approximate surface area is 355 Å². The van der Waals surface area contributed by atoms with Crippen molar-refractivity contribution < 1.29 is 18.4 Å². The van der Waals surface area contributed by atoms with E-state index in [2.05, 4.69) is 42.8 Å². The molecule has 10 rings (SSSR count). The third kappa shape index (κ3) is 7.26. The van der Waals surface area contributed by atoms with Crippen molar-refractivity contribution >= 4 is 40.0 Å². The molecule has 2 amide bonds. The summed E-state index contributed by atoms with van der Waals surface area (Å²) in [5.74, 6) is -0.765. The molecule has 12 heteroatoms. The number of hydrogen-bond donors (Lipinski definition) is 1. The van der Waals surface area contributed by atoms with Crippen LogP contribution >= 0.6 is 11.6 Å². The van der Waals surface area contributed by atoms with E-state index in [-0.39, 0.29) is 29.4 Å². The minimum absolute atomic E-state index is 0.0794. The predicted molar refractivity (Wildman–Crippen MR) is 230 cm³/mol. The molecular formula is C48H55ClF2N6O3. The lowest BCUT2D eigenvalue weighted by atomic mass is 9.69. The lowest BCUT2D eigenvalue weighted by Gasteiger charge is -2.40. The van der Waals surface area contributed by atoms with Crippen LogP contribution in [0.4, 0.5) is 14.5 Å². The van der Waals surface area contributed by atoms with Gasteiger partial charge < -0.3 is 14.7 Å². The number of benzene rings is 3. The van der Waals surface area contributed by atoms with Gasteiger partial charge in [-0.15, -0.1) is 0 Å². The van der Waals surface area contributed by atoms with Gasteiger partial charge in [0.05, 0.1) is 32.9 Å². The summed E-state index contributed by atoms with van der Waals surface area (Å²) in [6.45, 7) is 8.21. The lowest BCUT2D eigenvalue weighted by molar-refractivity contribution is -0.134. The Kier molecular flexibility index (Phi) is 10.8. The van der Waals surface area contributed by atoms with Gasteiger partial charge in [-0.25, -0.2) is 8.78 Å². The molecule has 3 aromatic carbocycles. The van der Waals surface area contributed by atoms with Gasteiger partial charge in [-0.3, -0.25) is 24.3 Å². The minimum Gasteiger partial charge on any atom is -0.371 e. The Morgan fingerprint density at radius 3 is 2.08 bits per heavy atom. The van der Waals surface area contributed by atoms with E-state index in [9.17, 15) is 14.4 Å². The van der Waals surface area contributed by atoms with Crippen molar-refractivity contribution in [3.63, 3.8) is 0 Å². The molecule has 60 heavy (non-hydrogen) atoms. The molecule has 1 saturated carbocycles. The van der Waals surface area contributed by atoms with Crippen LogP contribution in [0.2, 0.25) is 5.02 Å². The molecule has 1 unspecified atom stereocenters. The molecular weight excluding hydrogens is 782 g/mol. The van der Waals surface area contributed by atoms with E-state index in [0.717, 1.165) is 109 Å². The fourth-order valence-electron chi connectivity index (χ4n) is 11.9. The highest BCUT2D eigenvalue weighted by atomic mass is 35.5. The zero-order chi connectivity index (χ0) is 41.1. The lowest BCUT2D eigenvalue weighted by Crippen LogP contribution is -2.44. The Morgan fingerprint density at radius 1 is 0.767 bits per heavy atom. The van der Waals surface area contributed by atoms with Crippen LogP contribution in [0, 0.1) is 23.5 Å². The Balaban J connectivity index is 0.713. The molecule has 1 aromatic heterocycles. The maximum Gasteiger partial charge on any atom is 0.282 e. The number of imide groups is 1. The fourth-order valence-corrected chi connectivity index (χ4v) is 12.2. The van der Waals surface area contributed by atoms with Crippen LogP contribution in [-0.2, 0) is 15.0 Å². The number of nitrogens with zero attached hydrogens (tertiary/aromatic N) is 5. The molecule has 6 heterocycles. The number of anilines is 1. The van der Waals surface area contributed by atoms with E-state index < -0.39 is 29.4 Å². The Hall–Kier alpha value is -4.19. The zero-order valence-corrected chi connectivity index (χ0v) is 35.1. The number of piperidine rings is 4. The molecule has 9 nitrogen and oxygen atoms in total. The van der Waals surface area contributed by atoms with Crippen molar-refractivity contribution in [3.8, 4) is 5.69 Å². The van der Waals surface area contributed by atoms with Gasteiger partial charge in [-0.05, 0) is 143 Å². The highest BCUT2D eigenvalue weighted by Gasteiger charge is 2.47. The van der Waals surface area contributed by atoms with Crippen LogP contribution < -0.4 is 15.8 Å². The highest BCUT2D eigenvalue weighted by molar-refractivity contribution is 6.35. The summed E-state index contributed by atoms with van der Waals surface area (Å²) in [5, 5.41) is 3.18. The number of amides is 2. The Morgan fingerprint density at radius 2 is 1.42 bits per heavy atom. The average Bonchev–Trinajstić information content (AvgIpc) is 3.50. The van der Waals surface area contributed by atoms with Gasteiger partial charge in [-0.2, -0.15) is 4.98 Å². The molecule has 6 aliphatic rings. The van der Waals surface area contributed by atoms with Gasteiger partial charge in [0.25, 0.3) is 5.56 Å². The first kappa shape index (κ1) is 39.9. The first-order valence-corrected chi connectivity index (χ1v) is 22.9. The van der Waals surface area contributed by atoms with Crippen molar-refractivity contribution in [2.45, 2.75) is 101 Å². The topological polar surface area (TPSA) is 90.8 Å². The largest absolute Gasteiger partial charge is 0.371 e. The van der Waals surface area contributed by atoms with E-state index >= 15 is 8.78 Å². The summed E-state index contributed by atoms with van der Waals surface area (Å²) in [6.07, 6.45) is 12.4. The van der Waals surface area contributed by atoms with Crippen LogP contribution in [0.5, 0.6) is 0 Å². The van der Waals surface area contributed by atoms with Gasteiger partial charge in [-0.1, -0.05) is 49.1 Å². The molecule has 1 atom stereocenters. The molecule has 4 saturated heterocycles. The molecule has 0 radical (unpaired) electrons. The number of carbonyl (C=O) groups is 2. The third-order valence-corrected chi connectivity index (χ3v) is 15.5. The van der Waals surface area contributed by atoms with Crippen LogP contribution in [-0.4, -0.2) is 83.5 Å². The summed E-state index contributed by atoms with van der Waals surface area (Å²) in [5.41, 5.74) is 4.63. The second-order valence-corrected chi connectivity index (χ2v) is 19.1. The molecule has 0 bridgehead atoms. The van der Waals surface area contributed by atoms with E-state index in [1.54, 1.807) is 6.07 Å². The third-order valence-electron chi connectivity index (χ3n) is 15.2. The maximum atomic E-state index is 15.2. The summed E-state index contributed by atoms with van der Waals surface area (Å²) in [6, 6.07) is 15.6. The fraction of sp³-hybridized carbons (Fsp3) is 0.542. The SMILES string of the molecule is O=C1CCC(c2c(F)cc(N3CCC(CN4CCC(CN5CCC(c6ccc7c(c6)-n6c(nc(=O)c8c(Cl)cccc86)C76CCCCC6)CC5)CC4)CC3)cc2F)C(=O)N1. The van der Waals surface area contributed by atoms with Crippen LogP contribution in [0.1, 0.15) is 118 Å². The smallest absolute Gasteiger partial charge is 0.282 e. The van der Waals surface area contributed by atoms with Gasteiger partial charge in [0.1, 0.15) is 17.5 Å². The number of carbonyl (C=O) groups excluding carboxylic acids is 2. The van der Waals surface area contributed by atoms with E-state index in [0.29, 0.717) is 33.8 Å². The summed E-state index contributed by atoms with van der Waals surface area (Å²) >= 11 is 6.61. The normalized spacial score (nSPS) is 23.3. The average molecular weight is 837 g/mol. The summed E-state index contributed by atoms with van der Waals surface area (Å²) in [7, 11) is 0. The zero-order valence-electron chi connectivity index (χ0n) is 34.4. The van der Waals surface area contributed by atoms with Crippen LogP contribution in [0.3, 0.4) is 0 Å². The van der Waals surface area contributed by atoms with E-state index in [1.807, 2.05) is 12.1 Å². The van der Waals surface area contributed by atoms with Crippen molar-refractivity contribution in [1.29, 1.82) is 0 Å². The summed E-state index contributed by atoms with van der Waals surface area (Å²) in [4.78, 5) is 49.4. The molecule has 4 aromatic rings. The predicted octanol–water partition coefficient (Wildman–Crippen LogP) is 8.21. The number of likely N-dealkylation sites (tertiary alicyclic amines) is 2. The van der Waals surface area contributed by atoms with E-state index in [4.69, 9.17) is 16.6 Å². The first-order valence-electron chi connectivity index (χ1n) is 22.5. The van der Waals surface area contributed by atoms with Gasteiger partial charge >= 0.3 is 0 Å². The monoisotopic (exact) mass is 836 g/mol. The van der Waals surface area contributed by atoms with Crippen LogP contribution in [0.25, 0.3) is 16.6 Å². The number of fused-ring (bicyclic) bond motifs is 7. The number of rotatable bonds is 7. The van der Waals surface area contributed by atoms with Gasteiger partial charge in [0.15, 0.2) is 0 Å². The molecule has 5 aliphatic heterocycles.